The zero-order chi connectivity index (χ0) is 9.14. The average molecular weight is 189 g/mol. The van der Waals surface area contributed by atoms with Gasteiger partial charge in [0.05, 0.1) is 5.92 Å². The van der Waals surface area contributed by atoms with Gasteiger partial charge in [-0.15, -0.1) is 0 Å². The maximum atomic E-state index is 10.6. The molecule has 1 aliphatic rings. The van der Waals surface area contributed by atoms with Crippen LogP contribution in [0.5, 0.6) is 0 Å². The number of nitrogens with zero attached hydrogens (tertiary/aromatic N) is 1. The van der Waals surface area contributed by atoms with Gasteiger partial charge < -0.3 is 5.11 Å². The van der Waals surface area contributed by atoms with Crippen molar-refractivity contribution in [1.29, 1.82) is 0 Å². The van der Waals surface area contributed by atoms with Crippen molar-refractivity contribution in [2.45, 2.75) is 25.1 Å². The van der Waals surface area contributed by atoms with Crippen molar-refractivity contribution < 1.29 is 9.90 Å². The van der Waals surface area contributed by atoms with Gasteiger partial charge in [-0.2, -0.15) is 12.6 Å². The van der Waals surface area contributed by atoms with Crippen LogP contribution in [-0.2, 0) is 4.79 Å². The Hall–Kier alpha value is -0.220. The molecule has 0 radical (unpaired) electrons. The second-order valence-electron chi connectivity index (χ2n) is 3.28. The smallest absolute Gasteiger partial charge is 0.306 e. The molecule has 70 valence electrons. The Balaban J connectivity index is 2.34. The molecule has 4 heteroatoms. The number of thiol groups is 1. The van der Waals surface area contributed by atoms with Gasteiger partial charge in [-0.1, -0.05) is 0 Å². The number of rotatable bonds is 2. The molecular formula is C8H15NO2S. The molecule has 1 aliphatic heterocycles. The lowest BCUT2D eigenvalue weighted by atomic mass is 9.97. The number of hydrogen-bond acceptors (Lipinski definition) is 3. The van der Waals surface area contributed by atoms with Gasteiger partial charge in [-0.25, -0.2) is 0 Å². The fourth-order valence-corrected chi connectivity index (χ4v) is 1.75. The van der Waals surface area contributed by atoms with E-state index in [-0.39, 0.29) is 11.3 Å². The molecule has 1 heterocycles. The fraction of sp³-hybridized carbons (Fsp3) is 0.875. The Morgan fingerprint density at radius 1 is 1.58 bits per heavy atom. The van der Waals surface area contributed by atoms with Crippen LogP contribution in [0.4, 0.5) is 0 Å². The Morgan fingerprint density at radius 2 is 2.08 bits per heavy atom. The van der Waals surface area contributed by atoms with Crippen LogP contribution in [0.1, 0.15) is 19.8 Å². The van der Waals surface area contributed by atoms with E-state index in [0.717, 1.165) is 25.9 Å². The van der Waals surface area contributed by atoms with Crippen LogP contribution in [0, 0.1) is 5.92 Å². The number of aliphatic carboxylic acids is 1. The van der Waals surface area contributed by atoms with Crippen molar-refractivity contribution in [3.63, 3.8) is 0 Å². The van der Waals surface area contributed by atoms with E-state index < -0.39 is 5.97 Å². The molecule has 1 saturated heterocycles. The van der Waals surface area contributed by atoms with Gasteiger partial charge in [-0.05, 0) is 19.8 Å². The highest BCUT2D eigenvalue weighted by atomic mass is 32.1. The predicted molar refractivity (Wildman–Crippen MR) is 50.4 cm³/mol. The van der Waals surface area contributed by atoms with E-state index in [1.165, 1.54) is 0 Å². The Bertz CT molecular complexity index is 164. The zero-order valence-corrected chi connectivity index (χ0v) is 8.13. The monoisotopic (exact) mass is 189 g/mol. The van der Waals surface area contributed by atoms with Crippen LogP contribution in [-0.4, -0.2) is 34.4 Å². The van der Waals surface area contributed by atoms with Crippen molar-refractivity contribution in [1.82, 2.24) is 4.90 Å². The van der Waals surface area contributed by atoms with Gasteiger partial charge in [0.1, 0.15) is 0 Å². The summed E-state index contributed by atoms with van der Waals surface area (Å²) in [6, 6.07) is 0. The first-order valence-electron chi connectivity index (χ1n) is 4.26. The van der Waals surface area contributed by atoms with Crippen LogP contribution >= 0.6 is 12.6 Å². The minimum Gasteiger partial charge on any atom is -0.481 e. The minimum absolute atomic E-state index is 0.131. The molecule has 3 nitrogen and oxygen atoms in total. The highest BCUT2D eigenvalue weighted by Crippen LogP contribution is 2.19. The van der Waals surface area contributed by atoms with Crippen LogP contribution in [0.15, 0.2) is 0 Å². The maximum Gasteiger partial charge on any atom is 0.306 e. The van der Waals surface area contributed by atoms with E-state index in [9.17, 15) is 4.79 Å². The second kappa shape index (κ2) is 4.14. The van der Waals surface area contributed by atoms with E-state index >= 15 is 0 Å². The first-order valence-corrected chi connectivity index (χ1v) is 4.78. The third-order valence-corrected chi connectivity index (χ3v) is 2.73. The fourth-order valence-electron chi connectivity index (χ4n) is 1.52. The summed E-state index contributed by atoms with van der Waals surface area (Å²) < 4.78 is 0. The van der Waals surface area contributed by atoms with Crippen molar-refractivity contribution in [3.05, 3.63) is 0 Å². The number of piperidine rings is 1. The number of likely N-dealkylation sites (tertiary alicyclic amines) is 1. The van der Waals surface area contributed by atoms with E-state index in [4.69, 9.17) is 5.11 Å². The van der Waals surface area contributed by atoms with Gasteiger partial charge >= 0.3 is 5.97 Å². The Morgan fingerprint density at radius 3 is 2.42 bits per heavy atom. The molecule has 0 saturated carbocycles. The van der Waals surface area contributed by atoms with E-state index in [1.807, 2.05) is 6.92 Å². The van der Waals surface area contributed by atoms with Crippen LogP contribution in [0.2, 0.25) is 0 Å². The largest absolute Gasteiger partial charge is 0.481 e. The third-order valence-electron chi connectivity index (χ3n) is 2.41. The summed E-state index contributed by atoms with van der Waals surface area (Å²) in [4.78, 5) is 12.8. The molecule has 0 aromatic rings. The normalized spacial score (nSPS) is 23.8. The molecule has 0 aliphatic carbocycles. The summed E-state index contributed by atoms with van der Waals surface area (Å²) in [5.41, 5.74) is 0. The van der Waals surface area contributed by atoms with Crippen molar-refractivity contribution in [3.8, 4) is 0 Å². The lowest BCUT2D eigenvalue weighted by Crippen LogP contribution is -2.39. The number of carboxylic acid groups (broad SMARTS) is 1. The summed E-state index contributed by atoms with van der Waals surface area (Å²) in [7, 11) is 0. The molecule has 0 bridgehead atoms. The van der Waals surface area contributed by atoms with E-state index in [1.54, 1.807) is 0 Å². The topological polar surface area (TPSA) is 40.5 Å². The molecule has 0 spiro atoms. The van der Waals surface area contributed by atoms with Gasteiger partial charge in [0.2, 0.25) is 0 Å². The lowest BCUT2D eigenvalue weighted by molar-refractivity contribution is -0.143. The Labute approximate surface area is 78.2 Å². The van der Waals surface area contributed by atoms with E-state index in [0.29, 0.717) is 0 Å². The van der Waals surface area contributed by atoms with Gasteiger partial charge in [-0.3, -0.25) is 9.69 Å². The first-order chi connectivity index (χ1) is 5.61. The molecule has 1 fully saturated rings. The highest BCUT2D eigenvalue weighted by molar-refractivity contribution is 7.80. The van der Waals surface area contributed by atoms with Crippen molar-refractivity contribution in [2.24, 2.45) is 5.92 Å². The number of carbonyl (C=O) groups is 1. The minimum atomic E-state index is -0.651. The molecule has 1 unspecified atom stereocenters. The molecule has 0 aromatic carbocycles. The third kappa shape index (κ3) is 2.38. The number of hydrogen-bond donors (Lipinski definition) is 2. The van der Waals surface area contributed by atoms with E-state index in [2.05, 4.69) is 17.5 Å². The second-order valence-corrected chi connectivity index (χ2v) is 4.03. The summed E-state index contributed by atoms with van der Waals surface area (Å²) in [5.74, 6) is -0.783. The molecule has 1 atom stereocenters. The Kier molecular flexibility index (Phi) is 3.40. The summed E-state index contributed by atoms with van der Waals surface area (Å²) >= 11 is 4.30. The summed E-state index contributed by atoms with van der Waals surface area (Å²) in [6.45, 7) is 3.74. The van der Waals surface area contributed by atoms with Crippen LogP contribution in [0.3, 0.4) is 0 Å². The molecular weight excluding hydrogens is 174 g/mol. The van der Waals surface area contributed by atoms with Crippen LogP contribution in [0.25, 0.3) is 0 Å². The molecule has 1 rings (SSSR count). The van der Waals surface area contributed by atoms with Crippen molar-refractivity contribution in [2.75, 3.05) is 13.1 Å². The van der Waals surface area contributed by atoms with Crippen molar-refractivity contribution >= 4 is 18.6 Å². The quantitative estimate of drug-likeness (QED) is 0.638. The lowest BCUT2D eigenvalue weighted by Gasteiger charge is -2.32. The SMILES string of the molecule is CC(S)N1CCC(C(=O)O)CC1. The molecule has 12 heavy (non-hydrogen) atoms. The molecule has 1 N–H and O–H groups in total. The standard InChI is InChI=1S/C8H15NO2S/c1-6(12)9-4-2-7(3-5-9)8(10)11/h6-7,12H,2-5H2,1H3,(H,10,11). The van der Waals surface area contributed by atoms with Gasteiger partial charge in [0, 0.05) is 18.5 Å². The molecule has 0 amide bonds. The maximum absolute atomic E-state index is 10.6. The average Bonchev–Trinajstić information content (AvgIpc) is 2.04. The van der Waals surface area contributed by atoms with Crippen LogP contribution < -0.4 is 0 Å². The summed E-state index contributed by atoms with van der Waals surface area (Å²) in [6.07, 6.45) is 1.53. The predicted octanol–water partition coefficient (Wildman–Crippen LogP) is 1.06. The van der Waals surface area contributed by atoms with Gasteiger partial charge in [0.25, 0.3) is 0 Å². The molecule has 0 aromatic heterocycles. The zero-order valence-electron chi connectivity index (χ0n) is 7.23. The number of carboxylic acids is 1. The van der Waals surface area contributed by atoms with Gasteiger partial charge in [0.15, 0.2) is 0 Å². The summed E-state index contributed by atoms with van der Waals surface area (Å²) in [5, 5.41) is 8.98. The first kappa shape index (κ1) is 9.86. The highest BCUT2D eigenvalue weighted by Gasteiger charge is 2.25.